The number of hydrazine groups is 1. The van der Waals surface area contributed by atoms with Crippen molar-refractivity contribution in [3.63, 3.8) is 0 Å². The van der Waals surface area contributed by atoms with Gasteiger partial charge < -0.3 is 9.15 Å². The van der Waals surface area contributed by atoms with E-state index in [-0.39, 0.29) is 17.9 Å². The van der Waals surface area contributed by atoms with E-state index in [1.54, 1.807) is 18.4 Å². The Morgan fingerprint density at radius 2 is 1.93 bits per heavy atom. The number of carbonyl (C=O) groups excluding carboxylic acids is 2. The summed E-state index contributed by atoms with van der Waals surface area (Å²) in [7, 11) is 1.45. The third-order valence-corrected chi connectivity index (χ3v) is 4.97. The van der Waals surface area contributed by atoms with Gasteiger partial charge in [-0.2, -0.15) is 0 Å². The highest BCUT2D eigenvalue weighted by Crippen LogP contribution is 2.29. The van der Waals surface area contributed by atoms with Crippen molar-refractivity contribution in [3.05, 3.63) is 63.9 Å². The van der Waals surface area contributed by atoms with Crippen LogP contribution in [-0.2, 0) is 11.2 Å². The van der Waals surface area contributed by atoms with E-state index in [9.17, 15) is 9.59 Å². The lowest BCUT2D eigenvalue weighted by Crippen LogP contribution is -2.42. The Morgan fingerprint density at radius 1 is 1.17 bits per heavy atom. The molecule has 0 aliphatic heterocycles. The summed E-state index contributed by atoms with van der Waals surface area (Å²) in [5.74, 6) is -0.164. The monoisotopic (exact) mass is 414 g/mol. The molecule has 7 heteroatoms. The van der Waals surface area contributed by atoms with Gasteiger partial charge in [0.1, 0.15) is 11.3 Å². The number of carbonyl (C=O) groups is 2. The molecule has 3 aromatic rings. The van der Waals surface area contributed by atoms with E-state index in [4.69, 9.17) is 20.8 Å². The third-order valence-electron chi connectivity index (χ3n) is 4.74. The highest BCUT2D eigenvalue weighted by Gasteiger charge is 2.16. The second kappa shape index (κ2) is 8.57. The SMILES string of the molecule is COc1ccc(Cl)cc1C(=O)NNC(=O)Cc1coc2cc(C)c(C(C)C)cc12. The number of nitrogens with one attached hydrogen (secondary N) is 2. The average Bonchev–Trinajstić information content (AvgIpc) is 3.06. The number of hydrogen-bond acceptors (Lipinski definition) is 4. The van der Waals surface area contributed by atoms with Crippen LogP contribution < -0.4 is 15.6 Å². The van der Waals surface area contributed by atoms with Gasteiger partial charge in [0.05, 0.1) is 25.4 Å². The number of furan rings is 1. The summed E-state index contributed by atoms with van der Waals surface area (Å²) in [6, 6.07) is 8.73. The first-order valence-electron chi connectivity index (χ1n) is 9.23. The fourth-order valence-electron chi connectivity index (χ4n) is 3.27. The second-order valence-corrected chi connectivity index (χ2v) is 7.58. The summed E-state index contributed by atoms with van der Waals surface area (Å²) in [5, 5.41) is 1.29. The molecule has 0 bridgehead atoms. The molecule has 1 heterocycles. The van der Waals surface area contributed by atoms with Crippen LogP contribution in [0, 0.1) is 6.92 Å². The molecule has 0 aliphatic rings. The zero-order chi connectivity index (χ0) is 21.1. The zero-order valence-electron chi connectivity index (χ0n) is 16.8. The van der Waals surface area contributed by atoms with E-state index in [1.807, 2.05) is 13.0 Å². The molecule has 0 unspecified atom stereocenters. The minimum absolute atomic E-state index is 0.0700. The lowest BCUT2D eigenvalue weighted by Gasteiger charge is -2.11. The maximum absolute atomic E-state index is 12.4. The Bertz CT molecular complexity index is 1070. The molecule has 0 aliphatic carbocycles. The summed E-state index contributed by atoms with van der Waals surface area (Å²) >= 11 is 5.94. The van der Waals surface area contributed by atoms with Crippen LogP contribution in [0.3, 0.4) is 0 Å². The van der Waals surface area contributed by atoms with E-state index < -0.39 is 5.91 Å². The van der Waals surface area contributed by atoms with Gasteiger partial charge >= 0.3 is 0 Å². The van der Waals surface area contributed by atoms with Crippen molar-refractivity contribution in [2.75, 3.05) is 7.11 Å². The van der Waals surface area contributed by atoms with E-state index >= 15 is 0 Å². The van der Waals surface area contributed by atoms with Gasteiger partial charge in [-0.1, -0.05) is 25.4 Å². The summed E-state index contributed by atoms with van der Waals surface area (Å²) < 4.78 is 10.8. The number of hydrogen-bond donors (Lipinski definition) is 2. The van der Waals surface area contributed by atoms with E-state index in [0.29, 0.717) is 16.7 Å². The summed E-state index contributed by atoms with van der Waals surface area (Å²) in [5.41, 5.74) is 8.90. The van der Waals surface area contributed by atoms with Gasteiger partial charge in [0.2, 0.25) is 5.91 Å². The van der Waals surface area contributed by atoms with Crippen LogP contribution in [0.1, 0.15) is 46.8 Å². The van der Waals surface area contributed by atoms with Gasteiger partial charge in [-0.25, -0.2) is 0 Å². The molecule has 29 heavy (non-hydrogen) atoms. The van der Waals surface area contributed by atoms with Crippen LogP contribution in [0.25, 0.3) is 11.0 Å². The number of fused-ring (bicyclic) bond motifs is 1. The molecule has 2 N–H and O–H groups in total. The quantitative estimate of drug-likeness (QED) is 0.601. The molecular formula is C22H23ClN2O4. The van der Waals surface area contributed by atoms with Gasteiger partial charge in [0, 0.05) is 16.0 Å². The van der Waals surface area contributed by atoms with Gasteiger partial charge in [-0.05, 0) is 54.3 Å². The summed E-state index contributed by atoms with van der Waals surface area (Å²) in [4.78, 5) is 24.7. The number of benzene rings is 2. The fourth-order valence-corrected chi connectivity index (χ4v) is 3.44. The first-order chi connectivity index (χ1) is 13.8. The molecule has 6 nitrogen and oxygen atoms in total. The molecule has 0 saturated carbocycles. The highest BCUT2D eigenvalue weighted by molar-refractivity contribution is 6.31. The molecular weight excluding hydrogens is 392 g/mol. The van der Waals surface area contributed by atoms with Gasteiger partial charge in [-0.15, -0.1) is 0 Å². The van der Waals surface area contributed by atoms with Crippen LogP contribution in [0.4, 0.5) is 0 Å². The lowest BCUT2D eigenvalue weighted by atomic mass is 9.95. The van der Waals surface area contributed by atoms with Crippen LogP contribution in [0.15, 0.2) is 41.0 Å². The normalized spacial score (nSPS) is 11.0. The minimum Gasteiger partial charge on any atom is -0.496 e. The van der Waals surface area contributed by atoms with Crippen molar-refractivity contribution in [1.29, 1.82) is 0 Å². The average molecular weight is 415 g/mol. The first-order valence-corrected chi connectivity index (χ1v) is 9.61. The molecule has 152 valence electrons. The van der Waals surface area contributed by atoms with Gasteiger partial charge in [-0.3, -0.25) is 20.4 Å². The van der Waals surface area contributed by atoms with Crippen molar-refractivity contribution >= 4 is 34.4 Å². The maximum Gasteiger partial charge on any atom is 0.273 e. The second-order valence-electron chi connectivity index (χ2n) is 7.14. The maximum atomic E-state index is 12.4. The van der Waals surface area contributed by atoms with Crippen molar-refractivity contribution < 1.29 is 18.7 Å². The largest absolute Gasteiger partial charge is 0.496 e. The lowest BCUT2D eigenvalue weighted by molar-refractivity contribution is -0.121. The predicted molar refractivity (Wildman–Crippen MR) is 112 cm³/mol. The van der Waals surface area contributed by atoms with Crippen LogP contribution in [-0.4, -0.2) is 18.9 Å². The van der Waals surface area contributed by atoms with Crippen molar-refractivity contribution in [2.24, 2.45) is 0 Å². The van der Waals surface area contributed by atoms with Crippen molar-refractivity contribution in [2.45, 2.75) is 33.1 Å². The van der Waals surface area contributed by atoms with E-state index in [0.717, 1.165) is 22.1 Å². The van der Waals surface area contributed by atoms with E-state index in [2.05, 4.69) is 30.8 Å². The molecule has 1 aromatic heterocycles. The Labute approximate surface area is 174 Å². The minimum atomic E-state index is -0.521. The number of ether oxygens (including phenoxy) is 1. The number of aryl methyl sites for hydroxylation is 1. The number of methoxy groups -OCH3 is 1. The molecule has 2 amide bonds. The Kier molecular flexibility index (Phi) is 6.13. The smallest absolute Gasteiger partial charge is 0.273 e. The van der Waals surface area contributed by atoms with Gasteiger partial charge in [0.25, 0.3) is 5.91 Å². The Balaban J connectivity index is 1.71. The standard InChI is InChI=1S/C22H23ClN2O4/c1-12(2)16-10-17-14(11-29-20(17)7-13(16)3)8-21(26)24-25-22(27)18-9-15(23)5-6-19(18)28-4/h5-7,9-12H,8H2,1-4H3,(H,24,26)(H,25,27). The third kappa shape index (κ3) is 4.54. The van der Waals surface area contributed by atoms with Crippen LogP contribution in [0.5, 0.6) is 5.75 Å². The van der Waals surface area contributed by atoms with Crippen molar-refractivity contribution in [1.82, 2.24) is 10.9 Å². The molecule has 0 spiro atoms. The molecule has 0 radical (unpaired) electrons. The summed E-state index contributed by atoms with van der Waals surface area (Å²) in [6.07, 6.45) is 1.65. The predicted octanol–water partition coefficient (Wildman–Crippen LogP) is 4.53. The Morgan fingerprint density at radius 3 is 2.62 bits per heavy atom. The number of amides is 2. The molecule has 2 aromatic carbocycles. The molecule has 0 fully saturated rings. The van der Waals surface area contributed by atoms with Crippen LogP contribution in [0.2, 0.25) is 5.02 Å². The number of halogens is 1. The molecule has 3 rings (SSSR count). The fraction of sp³-hybridized carbons (Fsp3) is 0.273. The molecule has 0 atom stereocenters. The Hall–Kier alpha value is -2.99. The van der Waals surface area contributed by atoms with E-state index in [1.165, 1.54) is 18.7 Å². The first kappa shape index (κ1) is 20.7. The highest BCUT2D eigenvalue weighted by atomic mass is 35.5. The molecule has 0 saturated heterocycles. The van der Waals surface area contributed by atoms with Gasteiger partial charge in [0.15, 0.2) is 0 Å². The van der Waals surface area contributed by atoms with Crippen molar-refractivity contribution in [3.8, 4) is 5.75 Å². The summed E-state index contributed by atoms with van der Waals surface area (Å²) in [6.45, 7) is 6.30. The topological polar surface area (TPSA) is 80.6 Å². The van der Waals surface area contributed by atoms with Crippen LogP contribution >= 0.6 is 11.6 Å². The number of rotatable bonds is 5. The zero-order valence-corrected chi connectivity index (χ0v) is 17.5.